The van der Waals surface area contributed by atoms with Crippen LogP contribution in [0.5, 0.6) is 0 Å². The van der Waals surface area contributed by atoms with Crippen LogP contribution in [-0.4, -0.2) is 5.38 Å². The molecule has 0 aromatic carbocycles. The maximum Gasteiger partial charge on any atom is 0.0310 e. The molecule has 0 rings (SSSR count). The Balaban J connectivity index is 3.80. The Bertz CT molecular complexity index is 187. The molecule has 0 spiro atoms. The summed E-state index contributed by atoms with van der Waals surface area (Å²) in [6, 6.07) is 0. The minimum atomic E-state index is 0.131. The summed E-state index contributed by atoms with van der Waals surface area (Å²) >= 11 is 5.89. The van der Waals surface area contributed by atoms with Gasteiger partial charge in [-0.2, -0.15) is 0 Å². The normalized spacial score (nSPS) is 15.8. The van der Waals surface area contributed by atoms with Crippen LogP contribution in [0.1, 0.15) is 47.5 Å². The Labute approximate surface area is 88.1 Å². The molecule has 0 bridgehead atoms. The highest BCUT2D eigenvalue weighted by atomic mass is 35.5. The lowest BCUT2D eigenvalue weighted by molar-refractivity contribution is 0.537. The highest BCUT2D eigenvalue weighted by Crippen LogP contribution is 2.15. The summed E-state index contributed by atoms with van der Waals surface area (Å²) in [5, 5.41) is 0.270. The van der Waals surface area contributed by atoms with Crippen molar-refractivity contribution in [2.45, 2.75) is 52.8 Å². The maximum atomic E-state index is 5.89. The molecule has 0 heterocycles. The van der Waals surface area contributed by atoms with E-state index in [1.165, 1.54) is 0 Å². The van der Waals surface area contributed by atoms with Gasteiger partial charge < -0.3 is 0 Å². The second-order valence-corrected chi connectivity index (χ2v) is 5.62. The molecule has 0 radical (unpaired) electrons. The number of hydrogen-bond donors (Lipinski definition) is 0. The number of alkyl halides is 1. The standard InChI is InChI=1S/C12H21Cl/c1-10(9-11(2)13)7-6-8-12(3,4)5/h10-11H,7,9H2,1-5H3. The van der Waals surface area contributed by atoms with Gasteiger partial charge in [-0.15, -0.1) is 17.5 Å². The van der Waals surface area contributed by atoms with Crippen LogP contribution < -0.4 is 0 Å². The molecular weight excluding hydrogens is 180 g/mol. The fourth-order valence-electron chi connectivity index (χ4n) is 1.13. The lowest BCUT2D eigenvalue weighted by Gasteiger charge is -2.10. The molecule has 0 aliphatic carbocycles. The predicted octanol–water partition coefficient (Wildman–Crippen LogP) is 4.08. The molecule has 0 aromatic rings. The van der Waals surface area contributed by atoms with Gasteiger partial charge in [0.25, 0.3) is 0 Å². The van der Waals surface area contributed by atoms with Crippen LogP contribution in [0.25, 0.3) is 0 Å². The van der Waals surface area contributed by atoms with Gasteiger partial charge in [0, 0.05) is 17.2 Å². The van der Waals surface area contributed by atoms with Gasteiger partial charge in [0.15, 0.2) is 0 Å². The minimum Gasteiger partial charge on any atom is -0.123 e. The molecule has 13 heavy (non-hydrogen) atoms. The molecule has 0 aromatic heterocycles. The lowest BCUT2D eigenvalue weighted by Crippen LogP contribution is -2.02. The molecule has 2 unspecified atom stereocenters. The van der Waals surface area contributed by atoms with E-state index in [1.807, 2.05) is 6.92 Å². The third kappa shape index (κ3) is 9.77. The van der Waals surface area contributed by atoms with Crippen molar-refractivity contribution < 1.29 is 0 Å². The zero-order valence-corrected chi connectivity index (χ0v) is 10.2. The third-order valence-electron chi connectivity index (χ3n) is 1.64. The predicted molar refractivity (Wildman–Crippen MR) is 60.9 cm³/mol. The molecule has 0 aliphatic heterocycles. The van der Waals surface area contributed by atoms with Crippen molar-refractivity contribution in [2.75, 3.05) is 0 Å². The summed E-state index contributed by atoms with van der Waals surface area (Å²) in [7, 11) is 0. The first-order valence-electron chi connectivity index (χ1n) is 4.95. The molecule has 0 saturated heterocycles. The van der Waals surface area contributed by atoms with Crippen molar-refractivity contribution in [3.63, 3.8) is 0 Å². The average Bonchev–Trinajstić information content (AvgIpc) is 1.81. The number of hydrogen-bond acceptors (Lipinski definition) is 0. The first kappa shape index (κ1) is 12.8. The monoisotopic (exact) mass is 200 g/mol. The summed E-state index contributed by atoms with van der Waals surface area (Å²) in [5.74, 6) is 7.07. The summed E-state index contributed by atoms with van der Waals surface area (Å²) in [4.78, 5) is 0. The van der Waals surface area contributed by atoms with Gasteiger partial charge in [-0.3, -0.25) is 0 Å². The van der Waals surface area contributed by atoms with Gasteiger partial charge in [0.05, 0.1) is 0 Å². The van der Waals surface area contributed by atoms with Crippen molar-refractivity contribution in [3.05, 3.63) is 0 Å². The lowest BCUT2D eigenvalue weighted by atomic mass is 9.96. The van der Waals surface area contributed by atoms with E-state index >= 15 is 0 Å². The third-order valence-corrected chi connectivity index (χ3v) is 1.82. The topological polar surface area (TPSA) is 0 Å². The molecule has 2 atom stereocenters. The van der Waals surface area contributed by atoms with E-state index in [4.69, 9.17) is 11.6 Å². The fraction of sp³-hybridized carbons (Fsp3) is 0.833. The average molecular weight is 201 g/mol. The largest absolute Gasteiger partial charge is 0.123 e. The zero-order valence-electron chi connectivity index (χ0n) is 9.45. The van der Waals surface area contributed by atoms with E-state index in [1.54, 1.807) is 0 Å². The Morgan fingerprint density at radius 2 is 1.77 bits per heavy atom. The van der Waals surface area contributed by atoms with E-state index in [9.17, 15) is 0 Å². The van der Waals surface area contributed by atoms with Gasteiger partial charge >= 0.3 is 0 Å². The molecule has 0 N–H and O–H groups in total. The van der Waals surface area contributed by atoms with Crippen LogP contribution in [0.3, 0.4) is 0 Å². The molecule has 0 amide bonds. The van der Waals surface area contributed by atoms with Crippen molar-refractivity contribution >= 4 is 11.6 Å². The Kier molecular flexibility index (Phi) is 5.49. The van der Waals surface area contributed by atoms with Crippen LogP contribution in [0.2, 0.25) is 0 Å². The Morgan fingerprint density at radius 1 is 1.23 bits per heavy atom. The first-order valence-corrected chi connectivity index (χ1v) is 5.39. The summed E-state index contributed by atoms with van der Waals surface area (Å²) < 4.78 is 0. The van der Waals surface area contributed by atoms with Crippen LogP contribution in [0.4, 0.5) is 0 Å². The molecule has 1 heteroatoms. The van der Waals surface area contributed by atoms with Crippen molar-refractivity contribution in [3.8, 4) is 11.8 Å². The Hall–Kier alpha value is -0.150. The number of halogens is 1. The second-order valence-electron chi connectivity index (χ2n) is 4.88. The van der Waals surface area contributed by atoms with Crippen molar-refractivity contribution in [1.82, 2.24) is 0 Å². The molecular formula is C12H21Cl. The van der Waals surface area contributed by atoms with Crippen molar-refractivity contribution in [2.24, 2.45) is 11.3 Å². The van der Waals surface area contributed by atoms with E-state index in [0.29, 0.717) is 5.92 Å². The molecule has 76 valence electrons. The maximum absolute atomic E-state index is 5.89. The van der Waals surface area contributed by atoms with Gasteiger partial charge in [-0.05, 0) is 40.0 Å². The smallest absolute Gasteiger partial charge is 0.0310 e. The van der Waals surface area contributed by atoms with Crippen molar-refractivity contribution in [1.29, 1.82) is 0 Å². The van der Waals surface area contributed by atoms with Crippen LogP contribution in [0.15, 0.2) is 0 Å². The van der Waals surface area contributed by atoms with Gasteiger partial charge in [0.1, 0.15) is 0 Å². The molecule has 0 saturated carbocycles. The van der Waals surface area contributed by atoms with Gasteiger partial charge in [-0.25, -0.2) is 0 Å². The highest BCUT2D eigenvalue weighted by Gasteiger charge is 2.06. The summed E-state index contributed by atoms with van der Waals surface area (Å²) in [6.07, 6.45) is 2.02. The number of rotatable bonds is 3. The van der Waals surface area contributed by atoms with Crippen LogP contribution in [0, 0.1) is 23.2 Å². The quantitative estimate of drug-likeness (QED) is 0.476. The van der Waals surface area contributed by atoms with Crippen LogP contribution >= 0.6 is 11.6 Å². The fourth-order valence-corrected chi connectivity index (χ4v) is 1.43. The summed E-state index contributed by atoms with van der Waals surface area (Å²) in [5.41, 5.74) is 0.131. The van der Waals surface area contributed by atoms with Crippen LogP contribution in [-0.2, 0) is 0 Å². The van der Waals surface area contributed by atoms with E-state index in [2.05, 4.69) is 39.5 Å². The molecule has 0 nitrogen and oxygen atoms in total. The van der Waals surface area contributed by atoms with Gasteiger partial charge in [0.2, 0.25) is 0 Å². The van der Waals surface area contributed by atoms with Gasteiger partial charge in [-0.1, -0.05) is 12.8 Å². The second kappa shape index (κ2) is 5.55. The molecule has 0 fully saturated rings. The van der Waals surface area contributed by atoms with E-state index in [-0.39, 0.29) is 10.8 Å². The molecule has 0 aliphatic rings. The highest BCUT2D eigenvalue weighted by molar-refractivity contribution is 6.20. The SMILES string of the molecule is CC(Cl)CC(C)CC#CC(C)(C)C. The summed E-state index contributed by atoms with van der Waals surface area (Å²) in [6.45, 7) is 10.6. The first-order chi connectivity index (χ1) is 5.81. The minimum absolute atomic E-state index is 0.131. The van der Waals surface area contributed by atoms with E-state index in [0.717, 1.165) is 12.8 Å². The van der Waals surface area contributed by atoms with E-state index < -0.39 is 0 Å². The Morgan fingerprint density at radius 3 is 2.15 bits per heavy atom. The zero-order chi connectivity index (χ0) is 10.5.